The summed E-state index contributed by atoms with van der Waals surface area (Å²) < 4.78 is 0. The Labute approximate surface area is 111 Å². The first kappa shape index (κ1) is 14.7. The van der Waals surface area contributed by atoms with E-state index >= 15 is 0 Å². The lowest BCUT2D eigenvalue weighted by Gasteiger charge is -2.13. The van der Waals surface area contributed by atoms with Crippen LogP contribution in [-0.2, 0) is 11.4 Å². The fourth-order valence-corrected chi connectivity index (χ4v) is 1.41. The summed E-state index contributed by atoms with van der Waals surface area (Å²) in [5, 5.41) is 25.0. The maximum Gasteiger partial charge on any atom is 0.335 e. The van der Waals surface area contributed by atoms with E-state index in [2.05, 4.69) is 5.28 Å². The number of nitrogens with zero attached hydrogens (tertiary/aromatic N) is 3. The van der Waals surface area contributed by atoms with Crippen LogP contribution < -0.4 is 0 Å². The van der Waals surface area contributed by atoms with Gasteiger partial charge in [-0.3, -0.25) is 0 Å². The molecule has 0 saturated carbocycles. The average molecular weight is 267 g/mol. The second-order valence-corrected chi connectivity index (χ2v) is 3.75. The normalized spacial score (nSPS) is 11.2. The summed E-state index contributed by atoms with van der Waals surface area (Å²) in [6.45, 7) is 4.88. The molecule has 0 saturated heterocycles. The molecule has 0 unspecified atom stereocenters. The van der Waals surface area contributed by atoms with Gasteiger partial charge in [-0.25, -0.2) is 4.79 Å². The van der Waals surface area contributed by atoms with E-state index < -0.39 is 5.97 Å². The molecule has 19 heavy (non-hydrogen) atoms. The summed E-state index contributed by atoms with van der Waals surface area (Å²) in [7, 11) is 0. The Kier molecular flexibility index (Phi) is 5.59. The minimum absolute atomic E-state index is 0.111. The largest absolute Gasteiger partial charge is 0.569 e. The molecule has 0 fully saturated rings. The second kappa shape index (κ2) is 7.20. The van der Waals surface area contributed by atoms with Crippen molar-refractivity contribution in [3.8, 4) is 0 Å². The molecule has 1 aromatic carbocycles. The Hall–Kier alpha value is -2.31. The lowest BCUT2D eigenvalue weighted by atomic mass is 10.1. The lowest BCUT2D eigenvalue weighted by molar-refractivity contribution is -0.710. The third-order valence-electron chi connectivity index (χ3n) is 2.53. The van der Waals surface area contributed by atoms with Crippen LogP contribution in [0, 0.1) is 5.21 Å². The van der Waals surface area contributed by atoms with Crippen molar-refractivity contribution in [3.05, 3.63) is 40.6 Å². The number of carboxylic acids is 1. The van der Waals surface area contributed by atoms with Gasteiger partial charge in [0.25, 0.3) is 0 Å². The van der Waals surface area contributed by atoms with Crippen LogP contribution in [0.15, 0.2) is 29.5 Å². The van der Waals surface area contributed by atoms with E-state index in [1.165, 1.54) is 17.1 Å². The van der Waals surface area contributed by atoms with Gasteiger partial charge in [-0.05, 0) is 31.5 Å². The summed E-state index contributed by atoms with van der Waals surface area (Å²) in [5.74, 6) is -0.982. The minimum Gasteiger partial charge on any atom is -0.569 e. The summed E-state index contributed by atoms with van der Waals surface area (Å²) in [6.07, 6.45) is 0. The van der Waals surface area contributed by atoms with Gasteiger partial charge >= 0.3 is 5.97 Å². The molecule has 1 N–H and O–H groups in total. The third-order valence-corrected chi connectivity index (χ3v) is 2.53. The van der Waals surface area contributed by atoms with Crippen molar-refractivity contribution in [1.82, 2.24) is 5.01 Å². The van der Waals surface area contributed by atoms with E-state index in [9.17, 15) is 10.0 Å². The monoisotopic (exact) mass is 267 g/mol. The van der Waals surface area contributed by atoms with Gasteiger partial charge in [-0.2, -0.15) is 0 Å². The lowest BCUT2D eigenvalue weighted by Crippen LogP contribution is -2.30. The average Bonchev–Trinajstić information content (AvgIpc) is 2.40. The van der Waals surface area contributed by atoms with Crippen molar-refractivity contribution in [3.63, 3.8) is 0 Å². The van der Waals surface area contributed by atoms with Gasteiger partial charge < -0.3 is 15.2 Å². The Morgan fingerprint density at radius 2 is 1.95 bits per heavy atom. The van der Waals surface area contributed by atoms with Crippen LogP contribution >= 0.6 is 0 Å². The fourth-order valence-electron chi connectivity index (χ4n) is 1.41. The maximum atomic E-state index is 11.4. The smallest absolute Gasteiger partial charge is 0.335 e. The highest BCUT2D eigenvalue weighted by Gasteiger charge is 2.07. The number of hydrazine groups is 1. The van der Waals surface area contributed by atoms with Crippen LogP contribution in [0.5, 0.6) is 0 Å². The zero-order chi connectivity index (χ0) is 14.3. The van der Waals surface area contributed by atoms with E-state index in [1.807, 2.05) is 13.8 Å². The highest BCUT2D eigenvalue weighted by atomic mass is 16.7. The van der Waals surface area contributed by atoms with Crippen LogP contribution in [-0.4, -0.2) is 34.1 Å². The quantitative estimate of drug-likeness (QED) is 0.464. The van der Waals surface area contributed by atoms with E-state index in [-0.39, 0.29) is 12.2 Å². The van der Waals surface area contributed by atoms with Crippen molar-refractivity contribution >= 4 is 5.97 Å². The molecule has 0 heterocycles. The van der Waals surface area contributed by atoms with E-state index in [4.69, 9.17) is 9.94 Å². The summed E-state index contributed by atoms with van der Waals surface area (Å²) in [6, 6.07) is 6.18. The highest BCUT2D eigenvalue weighted by molar-refractivity contribution is 5.87. The molecule has 0 aliphatic rings. The molecule has 0 spiro atoms. The van der Waals surface area contributed by atoms with Gasteiger partial charge in [0.15, 0.2) is 0 Å². The predicted octanol–water partition coefficient (Wildman–Crippen LogP) is 2.04. The van der Waals surface area contributed by atoms with Gasteiger partial charge in [-0.1, -0.05) is 12.1 Å². The number of carbonyl (C=O) groups is 1. The Bertz CT molecular complexity index is 441. The van der Waals surface area contributed by atoms with Crippen LogP contribution in [0.3, 0.4) is 0 Å². The second-order valence-electron chi connectivity index (χ2n) is 3.75. The van der Waals surface area contributed by atoms with Gasteiger partial charge in [0, 0.05) is 0 Å². The van der Waals surface area contributed by atoms with Crippen LogP contribution in [0.25, 0.3) is 0 Å². The van der Waals surface area contributed by atoms with Crippen LogP contribution in [0.4, 0.5) is 0 Å². The highest BCUT2D eigenvalue weighted by Crippen LogP contribution is 2.06. The number of carboxylic acid groups (broad SMARTS) is 1. The molecule has 7 nitrogen and oxygen atoms in total. The Morgan fingerprint density at radius 3 is 2.42 bits per heavy atom. The predicted molar refractivity (Wildman–Crippen MR) is 67.2 cm³/mol. The first-order chi connectivity index (χ1) is 9.08. The Balaban J connectivity index is 2.53. The molecule has 0 amide bonds. The minimum atomic E-state index is -0.982. The van der Waals surface area contributed by atoms with Gasteiger partial charge in [0.2, 0.25) is 5.28 Å². The van der Waals surface area contributed by atoms with E-state index in [0.29, 0.717) is 18.1 Å². The molecule has 0 aliphatic heterocycles. The summed E-state index contributed by atoms with van der Waals surface area (Å²) in [4.78, 5) is 16.0. The van der Waals surface area contributed by atoms with Crippen molar-refractivity contribution in [2.75, 3.05) is 13.1 Å². The molecular weight excluding hydrogens is 250 g/mol. The molecule has 1 rings (SSSR count). The SMILES string of the molecule is CCN(CC)/[N+]([O-])=N/OCc1ccc(C(=O)O)cc1. The van der Waals surface area contributed by atoms with Crippen molar-refractivity contribution in [2.45, 2.75) is 20.5 Å². The molecule has 0 radical (unpaired) electrons. The topological polar surface area (TPSA) is 88.2 Å². The summed E-state index contributed by atoms with van der Waals surface area (Å²) in [5.41, 5.74) is 0.941. The summed E-state index contributed by atoms with van der Waals surface area (Å²) >= 11 is 0. The molecule has 104 valence electrons. The first-order valence-electron chi connectivity index (χ1n) is 5.95. The van der Waals surface area contributed by atoms with Crippen molar-refractivity contribution < 1.29 is 19.7 Å². The molecule has 1 aromatic rings. The van der Waals surface area contributed by atoms with Crippen LogP contribution in [0.1, 0.15) is 29.8 Å². The van der Waals surface area contributed by atoms with E-state index in [0.717, 1.165) is 5.56 Å². The van der Waals surface area contributed by atoms with Gasteiger partial charge in [0.1, 0.15) is 6.61 Å². The van der Waals surface area contributed by atoms with Gasteiger partial charge in [-0.15, -0.1) is 5.01 Å². The Morgan fingerprint density at radius 1 is 1.37 bits per heavy atom. The molecule has 0 aromatic heterocycles. The number of aromatic carboxylic acids is 1. The van der Waals surface area contributed by atoms with Gasteiger partial charge in [0.05, 0.1) is 23.6 Å². The fraction of sp³-hybridized carbons (Fsp3) is 0.417. The molecule has 7 heteroatoms. The zero-order valence-electron chi connectivity index (χ0n) is 10.9. The number of benzene rings is 1. The number of rotatable bonds is 7. The first-order valence-corrected chi connectivity index (χ1v) is 5.95. The molecule has 0 aliphatic carbocycles. The molecule has 0 bridgehead atoms. The number of hydrogen-bond acceptors (Lipinski definition) is 4. The third kappa shape index (κ3) is 4.46. The molecular formula is C12H17N3O4. The maximum absolute atomic E-state index is 11.4. The molecule has 0 atom stereocenters. The van der Waals surface area contributed by atoms with E-state index in [1.54, 1.807) is 12.1 Å². The standard InChI is InChI=1S/C12H17N3O4/c1-3-14(4-2)15(18)13-19-9-10-5-7-11(8-6-10)12(16)17/h5-8H,3-4,9H2,1-2H3,(H,16,17)/b15-13-. The van der Waals surface area contributed by atoms with Crippen molar-refractivity contribution in [1.29, 1.82) is 0 Å². The zero-order valence-corrected chi connectivity index (χ0v) is 10.9. The van der Waals surface area contributed by atoms with Crippen LogP contribution in [0.2, 0.25) is 0 Å². The van der Waals surface area contributed by atoms with Crippen molar-refractivity contribution in [2.24, 2.45) is 5.28 Å². The number of hydrogen-bond donors (Lipinski definition) is 1.